The van der Waals surface area contributed by atoms with Crippen LogP contribution in [0.3, 0.4) is 0 Å². The summed E-state index contributed by atoms with van der Waals surface area (Å²) in [6.45, 7) is 4.41. The highest BCUT2D eigenvalue weighted by molar-refractivity contribution is 6.03. The first-order chi connectivity index (χ1) is 13.8. The zero-order valence-electron chi connectivity index (χ0n) is 16.5. The quantitative estimate of drug-likeness (QED) is 0.502. The van der Waals surface area contributed by atoms with Gasteiger partial charge in [-0.3, -0.25) is 4.79 Å². The average Bonchev–Trinajstić information content (AvgIpc) is 3.25. The van der Waals surface area contributed by atoms with Crippen LogP contribution in [0.4, 0.5) is 0 Å². The molecule has 0 atom stereocenters. The zero-order valence-corrected chi connectivity index (χ0v) is 16.5. The van der Waals surface area contributed by atoms with Gasteiger partial charge in [0.25, 0.3) is 0 Å². The maximum absolute atomic E-state index is 12.5. The van der Waals surface area contributed by atoms with Gasteiger partial charge in [0.1, 0.15) is 0 Å². The number of benzene rings is 1. The molecule has 0 aliphatic rings. The summed E-state index contributed by atoms with van der Waals surface area (Å²) in [6, 6.07) is 9.11. The van der Waals surface area contributed by atoms with E-state index >= 15 is 0 Å². The SMILES string of the molecule is COC(=O)c1c(C)[nH]c(C(=O)COC(=O)c2nn(-c3ccccc3)nc2C)c1C. The number of ether oxygens (including phenoxy) is 2. The number of methoxy groups -OCH3 is 1. The second kappa shape index (κ2) is 8.09. The van der Waals surface area contributed by atoms with Crippen LogP contribution in [0.2, 0.25) is 0 Å². The van der Waals surface area contributed by atoms with Gasteiger partial charge in [0, 0.05) is 5.69 Å². The maximum atomic E-state index is 12.5. The fourth-order valence-electron chi connectivity index (χ4n) is 2.95. The lowest BCUT2D eigenvalue weighted by atomic mass is 10.1. The lowest BCUT2D eigenvalue weighted by Gasteiger charge is -2.03. The molecule has 0 fully saturated rings. The van der Waals surface area contributed by atoms with Gasteiger partial charge in [0.15, 0.2) is 12.3 Å². The van der Waals surface area contributed by atoms with Crippen LogP contribution in [-0.4, -0.2) is 51.4 Å². The van der Waals surface area contributed by atoms with Crippen LogP contribution < -0.4 is 0 Å². The molecular formula is C20H20N4O5. The molecule has 2 aromatic heterocycles. The normalized spacial score (nSPS) is 10.6. The highest BCUT2D eigenvalue weighted by atomic mass is 16.5. The third-order valence-corrected chi connectivity index (χ3v) is 4.40. The molecule has 0 aliphatic heterocycles. The predicted octanol–water partition coefficient (Wildman–Crippen LogP) is 2.35. The van der Waals surface area contributed by atoms with Gasteiger partial charge >= 0.3 is 11.9 Å². The molecule has 0 aliphatic carbocycles. The third-order valence-electron chi connectivity index (χ3n) is 4.40. The van der Waals surface area contributed by atoms with Crippen LogP contribution in [0.15, 0.2) is 30.3 Å². The van der Waals surface area contributed by atoms with E-state index in [2.05, 4.69) is 15.2 Å². The predicted molar refractivity (Wildman–Crippen MR) is 102 cm³/mol. The van der Waals surface area contributed by atoms with E-state index in [-0.39, 0.29) is 11.4 Å². The number of rotatable bonds is 6. The van der Waals surface area contributed by atoms with Crippen molar-refractivity contribution in [3.63, 3.8) is 0 Å². The van der Waals surface area contributed by atoms with E-state index in [0.717, 1.165) is 0 Å². The lowest BCUT2D eigenvalue weighted by molar-refractivity contribution is 0.0466. The molecule has 0 radical (unpaired) electrons. The smallest absolute Gasteiger partial charge is 0.361 e. The summed E-state index contributed by atoms with van der Waals surface area (Å²) in [7, 11) is 1.27. The Morgan fingerprint density at radius 2 is 1.72 bits per heavy atom. The molecule has 9 nitrogen and oxygen atoms in total. The zero-order chi connectivity index (χ0) is 21.1. The van der Waals surface area contributed by atoms with Crippen LogP contribution in [0, 0.1) is 20.8 Å². The number of hydrogen-bond acceptors (Lipinski definition) is 7. The van der Waals surface area contributed by atoms with E-state index in [1.165, 1.54) is 11.9 Å². The summed E-state index contributed by atoms with van der Waals surface area (Å²) in [5.74, 6) is -1.77. The Morgan fingerprint density at radius 1 is 1.03 bits per heavy atom. The molecule has 2 heterocycles. The number of esters is 2. The Kier molecular flexibility index (Phi) is 5.58. The Balaban J connectivity index is 1.73. The molecule has 29 heavy (non-hydrogen) atoms. The third kappa shape index (κ3) is 3.93. The molecule has 3 rings (SSSR count). The minimum atomic E-state index is -0.757. The topological polar surface area (TPSA) is 116 Å². The molecule has 1 aromatic carbocycles. The summed E-state index contributed by atoms with van der Waals surface area (Å²) in [6.07, 6.45) is 0. The van der Waals surface area contributed by atoms with E-state index in [1.807, 2.05) is 18.2 Å². The molecule has 1 N–H and O–H groups in total. The van der Waals surface area contributed by atoms with Crippen LogP contribution in [0.25, 0.3) is 5.69 Å². The number of carbonyl (C=O) groups is 3. The fraction of sp³-hybridized carbons (Fsp3) is 0.250. The summed E-state index contributed by atoms with van der Waals surface area (Å²) >= 11 is 0. The van der Waals surface area contributed by atoms with E-state index in [9.17, 15) is 14.4 Å². The number of ketones is 1. The van der Waals surface area contributed by atoms with Crippen LogP contribution in [0.5, 0.6) is 0 Å². The Bertz CT molecular complexity index is 1080. The summed E-state index contributed by atoms with van der Waals surface area (Å²) in [5, 5.41) is 8.36. The van der Waals surface area contributed by atoms with E-state index in [1.54, 1.807) is 32.9 Å². The van der Waals surface area contributed by atoms with Gasteiger partial charge in [0.05, 0.1) is 29.7 Å². The lowest BCUT2D eigenvalue weighted by Crippen LogP contribution is -2.16. The first-order valence-electron chi connectivity index (χ1n) is 8.80. The molecule has 0 amide bonds. The maximum Gasteiger partial charge on any atom is 0.361 e. The standard InChI is InChI=1S/C20H20N4O5/c1-11-16(19(26)28-4)12(2)21-17(11)15(25)10-29-20(27)18-13(3)22-24(23-18)14-8-6-5-7-9-14/h5-9,21H,10H2,1-4H3. The monoisotopic (exact) mass is 396 g/mol. The van der Waals surface area contributed by atoms with Crippen molar-refractivity contribution in [1.82, 2.24) is 20.0 Å². The Labute approximate surface area is 166 Å². The van der Waals surface area contributed by atoms with Crippen molar-refractivity contribution in [3.05, 3.63) is 64.2 Å². The molecule has 0 saturated carbocycles. The fourth-order valence-corrected chi connectivity index (χ4v) is 2.95. The first kappa shape index (κ1) is 20.0. The van der Waals surface area contributed by atoms with Crippen molar-refractivity contribution < 1.29 is 23.9 Å². The summed E-state index contributed by atoms with van der Waals surface area (Å²) < 4.78 is 9.85. The number of nitrogens with one attached hydrogen (secondary N) is 1. The number of nitrogens with zero attached hydrogens (tertiary/aromatic N) is 3. The molecule has 0 unspecified atom stereocenters. The number of para-hydroxylation sites is 1. The molecule has 0 spiro atoms. The summed E-state index contributed by atoms with van der Waals surface area (Å²) in [5.41, 5.74) is 2.54. The molecule has 9 heteroatoms. The second-order valence-electron chi connectivity index (χ2n) is 6.37. The largest absolute Gasteiger partial charge is 0.465 e. The van der Waals surface area contributed by atoms with Crippen molar-refractivity contribution in [1.29, 1.82) is 0 Å². The number of aryl methyl sites for hydroxylation is 2. The van der Waals surface area contributed by atoms with Gasteiger partial charge in [-0.05, 0) is 38.5 Å². The second-order valence-corrected chi connectivity index (χ2v) is 6.37. The number of Topliss-reactive ketones (excluding diaryl/α,β-unsaturated/α-hetero) is 1. The van der Waals surface area contributed by atoms with Crippen LogP contribution in [0.1, 0.15) is 48.3 Å². The van der Waals surface area contributed by atoms with Gasteiger partial charge in [0.2, 0.25) is 5.78 Å². The molecular weight excluding hydrogens is 376 g/mol. The first-order valence-corrected chi connectivity index (χ1v) is 8.80. The highest BCUT2D eigenvalue weighted by Gasteiger charge is 2.24. The van der Waals surface area contributed by atoms with Gasteiger partial charge in [-0.2, -0.15) is 9.90 Å². The van der Waals surface area contributed by atoms with Crippen molar-refractivity contribution in [2.45, 2.75) is 20.8 Å². The number of hydrogen-bond donors (Lipinski definition) is 1. The molecule has 3 aromatic rings. The van der Waals surface area contributed by atoms with E-state index in [0.29, 0.717) is 28.2 Å². The number of H-pyrrole nitrogens is 1. The average molecular weight is 396 g/mol. The van der Waals surface area contributed by atoms with E-state index in [4.69, 9.17) is 9.47 Å². The van der Waals surface area contributed by atoms with Crippen molar-refractivity contribution in [3.8, 4) is 5.69 Å². The molecule has 0 bridgehead atoms. The van der Waals surface area contributed by atoms with Crippen molar-refractivity contribution >= 4 is 17.7 Å². The van der Waals surface area contributed by atoms with Crippen molar-refractivity contribution in [2.75, 3.05) is 13.7 Å². The van der Waals surface area contributed by atoms with Gasteiger partial charge < -0.3 is 14.5 Å². The van der Waals surface area contributed by atoms with E-state index < -0.39 is 24.3 Å². The van der Waals surface area contributed by atoms with Crippen LogP contribution >= 0.6 is 0 Å². The summed E-state index contributed by atoms with van der Waals surface area (Å²) in [4.78, 5) is 40.9. The van der Waals surface area contributed by atoms with Crippen molar-refractivity contribution in [2.24, 2.45) is 0 Å². The van der Waals surface area contributed by atoms with Crippen LogP contribution in [-0.2, 0) is 9.47 Å². The molecule has 150 valence electrons. The van der Waals surface area contributed by atoms with Gasteiger partial charge in [-0.15, -0.1) is 5.10 Å². The Hall–Kier alpha value is -3.75. The number of aromatic nitrogens is 4. The molecule has 0 saturated heterocycles. The minimum Gasteiger partial charge on any atom is -0.465 e. The highest BCUT2D eigenvalue weighted by Crippen LogP contribution is 2.19. The van der Waals surface area contributed by atoms with Gasteiger partial charge in [-0.25, -0.2) is 9.59 Å². The number of aromatic amines is 1. The minimum absolute atomic E-state index is 0.0243. The Morgan fingerprint density at radius 3 is 2.38 bits per heavy atom. The van der Waals surface area contributed by atoms with Gasteiger partial charge in [-0.1, -0.05) is 18.2 Å². The number of carbonyl (C=O) groups excluding carboxylic acids is 3.